The minimum absolute atomic E-state index is 0. The van der Waals surface area contributed by atoms with Crippen LogP contribution in [0.4, 0.5) is 0 Å². The average molecular weight is 91.0 g/mol. The van der Waals surface area contributed by atoms with E-state index in [1.165, 1.54) is 0 Å². The summed E-state index contributed by atoms with van der Waals surface area (Å²) in [6, 6.07) is 0. The Morgan fingerprint density at radius 2 is 2.57 bits per heavy atom. The van der Waals surface area contributed by atoms with Crippen molar-refractivity contribution in [2.24, 2.45) is 0 Å². The van der Waals surface area contributed by atoms with Gasteiger partial charge >= 0.3 is 18.9 Å². The molecule has 0 saturated heterocycles. The van der Waals surface area contributed by atoms with Gasteiger partial charge in [0.05, 0.1) is 5.55 Å². The molecule has 0 amide bonds. The third kappa shape index (κ3) is 1.62. The fourth-order valence-electron chi connectivity index (χ4n) is 0.165. The molecule has 0 spiro atoms. The van der Waals surface area contributed by atoms with Crippen molar-refractivity contribution >= 4 is 0 Å². The first-order valence-corrected chi connectivity index (χ1v) is 1.36. The van der Waals surface area contributed by atoms with E-state index in [-0.39, 0.29) is 24.4 Å². The maximum Gasteiger partial charge on any atom is 1.00 e. The van der Waals surface area contributed by atoms with Crippen LogP contribution in [-0.2, 0) is 0 Å². The summed E-state index contributed by atoms with van der Waals surface area (Å²) in [7, 11) is 0. The monoisotopic (exact) mass is 91.0 g/mol. The van der Waals surface area contributed by atoms with Gasteiger partial charge in [0.25, 0.3) is 0 Å². The van der Waals surface area contributed by atoms with E-state index in [1.807, 2.05) is 0 Å². The summed E-state index contributed by atoms with van der Waals surface area (Å²) in [5, 5.41) is 11.8. The van der Waals surface area contributed by atoms with Gasteiger partial charge < -0.3 is 9.62 Å². The molecule has 0 saturated carbocycles. The molecule has 0 atom stereocenters. The SMILES string of the molecule is N=c1[c-]n[nH]o1.[Li+]. The molecule has 1 aromatic heterocycles. The van der Waals surface area contributed by atoms with Crippen molar-refractivity contribution in [2.75, 3.05) is 0 Å². The Hall–Kier alpha value is -0.463. The molecule has 4 nitrogen and oxygen atoms in total. The van der Waals surface area contributed by atoms with Gasteiger partial charge in [-0.1, -0.05) is 0 Å². The summed E-state index contributed by atoms with van der Waals surface area (Å²) in [5.74, 6) is 0. The minimum Gasteiger partial charge on any atom is -0.386 e. The quantitative estimate of drug-likeness (QED) is 0.255. The molecule has 0 aliphatic heterocycles. The molecule has 32 valence electrons. The van der Waals surface area contributed by atoms with Gasteiger partial charge in [0.15, 0.2) is 0 Å². The van der Waals surface area contributed by atoms with Gasteiger partial charge in [-0.15, -0.1) is 0 Å². The third-order valence-corrected chi connectivity index (χ3v) is 0.351. The molecule has 1 heterocycles. The molecule has 7 heavy (non-hydrogen) atoms. The van der Waals surface area contributed by atoms with Gasteiger partial charge in [0.2, 0.25) is 0 Å². The normalized spacial score (nSPS) is 7.43. The van der Waals surface area contributed by atoms with Gasteiger partial charge in [-0.3, -0.25) is 11.6 Å². The maximum atomic E-state index is 6.56. The largest absolute Gasteiger partial charge is 1.00 e. The summed E-state index contributed by atoms with van der Waals surface area (Å²) in [6.45, 7) is 0. The fourth-order valence-corrected chi connectivity index (χ4v) is 0.165. The number of nitrogens with one attached hydrogen (secondary N) is 2. The zero-order valence-electron chi connectivity index (χ0n) is 3.86. The molecular formula is C2H2LiN3O. The predicted molar refractivity (Wildman–Crippen MR) is 15.5 cm³/mol. The molecule has 0 fully saturated rings. The van der Waals surface area contributed by atoms with E-state index in [0.29, 0.717) is 0 Å². The summed E-state index contributed by atoms with van der Waals surface area (Å²) < 4.78 is 4.21. The van der Waals surface area contributed by atoms with Gasteiger partial charge in [-0.25, -0.2) is 0 Å². The Bertz CT molecular complexity index is 151. The van der Waals surface area contributed by atoms with E-state index in [1.54, 1.807) is 0 Å². The minimum atomic E-state index is -0.0741. The van der Waals surface area contributed by atoms with Crippen LogP contribution in [0.5, 0.6) is 0 Å². The Balaban J connectivity index is 0.000000360. The molecule has 2 N–H and O–H groups in total. The van der Waals surface area contributed by atoms with E-state index >= 15 is 0 Å². The van der Waals surface area contributed by atoms with E-state index in [9.17, 15) is 0 Å². The van der Waals surface area contributed by atoms with Crippen molar-refractivity contribution < 1.29 is 23.4 Å². The molecule has 0 aliphatic carbocycles. The molecule has 5 heteroatoms. The first-order valence-electron chi connectivity index (χ1n) is 1.36. The molecule has 0 aromatic carbocycles. The van der Waals surface area contributed by atoms with Crippen LogP contribution >= 0.6 is 0 Å². The van der Waals surface area contributed by atoms with Crippen molar-refractivity contribution in [3.8, 4) is 0 Å². The second kappa shape index (κ2) is 2.67. The number of rotatable bonds is 0. The van der Waals surface area contributed by atoms with E-state index < -0.39 is 0 Å². The predicted octanol–water partition coefficient (Wildman–Crippen LogP) is -3.71. The fraction of sp³-hybridized carbons (Fsp3) is 0. The van der Waals surface area contributed by atoms with Crippen LogP contribution in [0.25, 0.3) is 0 Å². The molecular weight excluding hydrogens is 89.0 g/mol. The van der Waals surface area contributed by atoms with E-state index in [2.05, 4.69) is 21.1 Å². The number of hydrogen-bond donors (Lipinski definition) is 2. The number of aromatic nitrogens is 2. The van der Waals surface area contributed by atoms with E-state index in [0.717, 1.165) is 0 Å². The van der Waals surface area contributed by atoms with Gasteiger partial charge in [-0.05, 0) is 0 Å². The standard InChI is InChI=1S/C2H2N3O.Li/c3-2-1-4-5-6-2;/h3,5H;/q-1;+1. The second-order valence-corrected chi connectivity index (χ2v) is 0.746. The molecule has 0 radical (unpaired) electrons. The van der Waals surface area contributed by atoms with Crippen molar-refractivity contribution in [1.82, 2.24) is 10.4 Å². The smallest absolute Gasteiger partial charge is 0.386 e. The second-order valence-electron chi connectivity index (χ2n) is 0.746. The Kier molecular flexibility index (Phi) is 2.49. The van der Waals surface area contributed by atoms with Crippen LogP contribution in [0.3, 0.4) is 0 Å². The van der Waals surface area contributed by atoms with Gasteiger partial charge in [0.1, 0.15) is 0 Å². The molecule has 0 unspecified atom stereocenters. The third-order valence-electron chi connectivity index (χ3n) is 0.351. The van der Waals surface area contributed by atoms with Crippen molar-refractivity contribution in [3.05, 3.63) is 11.8 Å². The van der Waals surface area contributed by atoms with Crippen molar-refractivity contribution in [2.45, 2.75) is 0 Å². The Morgan fingerprint density at radius 1 is 1.86 bits per heavy atom. The van der Waals surface area contributed by atoms with Crippen LogP contribution in [-0.4, -0.2) is 10.4 Å². The van der Waals surface area contributed by atoms with Crippen molar-refractivity contribution in [3.63, 3.8) is 0 Å². The van der Waals surface area contributed by atoms with Crippen LogP contribution in [0, 0.1) is 11.6 Å². The number of aromatic amines is 1. The van der Waals surface area contributed by atoms with Crippen LogP contribution in [0.1, 0.15) is 0 Å². The van der Waals surface area contributed by atoms with Crippen LogP contribution < -0.4 is 24.4 Å². The summed E-state index contributed by atoms with van der Waals surface area (Å²) >= 11 is 0. The van der Waals surface area contributed by atoms with Gasteiger partial charge in [0, 0.05) is 0 Å². The molecule has 0 aliphatic rings. The van der Waals surface area contributed by atoms with Crippen LogP contribution in [0.15, 0.2) is 4.52 Å². The van der Waals surface area contributed by atoms with E-state index in [4.69, 9.17) is 5.41 Å². The maximum absolute atomic E-state index is 6.56. The summed E-state index contributed by atoms with van der Waals surface area (Å²) in [4.78, 5) is 0. The summed E-state index contributed by atoms with van der Waals surface area (Å²) in [6.07, 6.45) is 2.19. The Morgan fingerprint density at radius 3 is 2.71 bits per heavy atom. The number of H-pyrrole nitrogens is 1. The Labute approximate surface area is 51.6 Å². The number of nitrogens with zero attached hydrogens (tertiary/aromatic N) is 1. The van der Waals surface area contributed by atoms with Crippen LogP contribution in [0.2, 0.25) is 0 Å². The first kappa shape index (κ1) is 6.54. The zero-order chi connectivity index (χ0) is 4.41. The number of hydrogen-bond acceptors (Lipinski definition) is 3. The first-order chi connectivity index (χ1) is 2.89. The molecule has 0 bridgehead atoms. The average Bonchev–Trinajstić information content (AvgIpc) is 1.86. The van der Waals surface area contributed by atoms with Gasteiger partial charge in [-0.2, -0.15) is 5.27 Å². The topological polar surface area (TPSA) is 65.7 Å². The molecule has 1 rings (SSSR count). The molecule has 1 aromatic rings. The summed E-state index contributed by atoms with van der Waals surface area (Å²) in [5.41, 5.74) is -0.0741. The zero-order valence-corrected chi connectivity index (χ0v) is 3.86. The van der Waals surface area contributed by atoms with Crippen molar-refractivity contribution in [1.29, 1.82) is 5.41 Å².